The minimum Gasteiger partial charge on any atom is -0.330 e. The lowest BCUT2D eigenvalue weighted by atomic mass is 9.90. The summed E-state index contributed by atoms with van der Waals surface area (Å²) in [7, 11) is 0. The van der Waals surface area contributed by atoms with E-state index in [4.69, 9.17) is 0 Å². The first-order chi connectivity index (χ1) is 8.33. The predicted octanol–water partition coefficient (Wildman–Crippen LogP) is 3.92. The molecule has 0 spiro atoms. The van der Waals surface area contributed by atoms with Crippen molar-refractivity contribution in [1.82, 2.24) is 10.2 Å². The van der Waals surface area contributed by atoms with E-state index >= 15 is 0 Å². The number of halogens is 1. The lowest BCUT2D eigenvalue weighted by Crippen LogP contribution is -2.05. The van der Waals surface area contributed by atoms with Crippen molar-refractivity contribution < 1.29 is 0 Å². The van der Waals surface area contributed by atoms with Gasteiger partial charge in [0.2, 0.25) is 5.13 Å². The van der Waals surface area contributed by atoms with Crippen LogP contribution in [0.25, 0.3) is 0 Å². The van der Waals surface area contributed by atoms with E-state index in [2.05, 4.69) is 49.6 Å². The van der Waals surface area contributed by atoms with E-state index in [1.54, 1.807) is 0 Å². The molecule has 3 nitrogen and oxygen atoms in total. The zero-order valence-corrected chi connectivity index (χ0v) is 11.6. The van der Waals surface area contributed by atoms with E-state index < -0.39 is 0 Å². The van der Waals surface area contributed by atoms with Crippen molar-refractivity contribution in [2.24, 2.45) is 0 Å². The molecule has 1 aromatic heterocycles. The highest BCUT2D eigenvalue weighted by molar-refractivity contribution is 9.11. The summed E-state index contributed by atoms with van der Waals surface area (Å²) >= 11 is 4.84. The SMILES string of the molecule is Brc1nnc(Nc2cccc3c2CCCC3)s1. The Morgan fingerprint density at radius 3 is 2.88 bits per heavy atom. The fraction of sp³-hybridized carbons (Fsp3) is 0.333. The second-order valence-electron chi connectivity index (χ2n) is 4.14. The molecule has 1 aromatic carbocycles. The van der Waals surface area contributed by atoms with Gasteiger partial charge in [-0.15, -0.1) is 10.2 Å². The average Bonchev–Trinajstić information content (AvgIpc) is 2.75. The molecule has 1 N–H and O–H groups in total. The number of aromatic nitrogens is 2. The number of aryl methyl sites for hydroxylation is 1. The fourth-order valence-corrected chi connectivity index (χ4v) is 3.29. The third-order valence-corrected chi connectivity index (χ3v) is 4.31. The monoisotopic (exact) mass is 309 g/mol. The molecule has 0 aliphatic heterocycles. The Hall–Kier alpha value is -0.940. The Labute approximate surface area is 112 Å². The second-order valence-corrected chi connectivity index (χ2v) is 6.39. The average molecular weight is 310 g/mol. The molecule has 3 rings (SSSR count). The third-order valence-electron chi connectivity index (χ3n) is 3.04. The van der Waals surface area contributed by atoms with Crippen LogP contribution < -0.4 is 5.32 Å². The Morgan fingerprint density at radius 2 is 2.06 bits per heavy atom. The summed E-state index contributed by atoms with van der Waals surface area (Å²) in [5.41, 5.74) is 4.11. The molecule has 0 unspecified atom stereocenters. The smallest absolute Gasteiger partial charge is 0.210 e. The molecule has 2 aromatic rings. The highest BCUT2D eigenvalue weighted by Crippen LogP contribution is 2.31. The zero-order chi connectivity index (χ0) is 11.7. The van der Waals surface area contributed by atoms with Gasteiger partial charge >= 0.3 is 0 Å². The summed E-state index contributed by atoms with van der Waals surface area (Å²) in [6.45, 7) is 0. The molecule has 0 fully saturated rings. The van der Waals surface area contributed by atoms with Crippen LogP contribution in [0.15, 0.2) is 22.1 Å². The number of benzene rings is 1. The number of nitrogens with one attached hydrogen (secondary N) is 1. The molecule has 0 saturated carbocycles. The molecule has 0 bridgehead atoms. The molecule has 17 heavy (non-hydrogen) atoms. The van der Waals surface area contributed by atoms with Crippen LogP contribution in [-0.2, 0) is 12.8 Å². The maximum Gasteiger partial charge on any atom is 0.210 e. The quantitative estimate of drug-likeness (QED) is 0.913. The van der Waals surface area contributed by atoms with Crippen molar-refractivity contribution in [3.8, 4) is 0 Å². The molecular formula is C12H12BrN3S. The van der Waals surface area contributed by atoms with Crippen LogP contribution in [-0.4, -0.2) is 10.2 Å². The van der Waals surface area contributed by atoms with Gasteiger partial charge in [-0.25, -0.2) is 0 Å². The topological polar surface area (TPSA) is 37.8 Å². The van der Waals surface area contributed by atoms with Gasteiger partial charge in [-0.2, -0.15) is 0 Å². The molecule has 0 amide bonds. The van der Waals surface area contributed by atoms with E-state index in [0.717, 1.165) is 9.05 Å². The van der Waals surface area contributed by atoms with E-state index in [-0.39, 0.29) is 0 Å². The summed E-state index contributed by atoms with van der Waals surface area (Å²) < 4.78 is 0.810. The molecule has 0 radical (unpaired) electrons. The molecule has 1 heterocycles. The summed E-state index contributed by atoms with van der Waals surface area (Å²) in [6.07, 6.45) is 4.95. The number of nitrogens with zero attached hydrogens (tertiary/aromatic N) is 2. The number of fused-ring (bicyclic) bond motifs is 1. The minimum atomic E-state index is 0.810. The van der Waals surface area contributed by atoms with Crippen LogP contribution in [0.1, 0.15) is 24.0 Å². The van der Waals surface area contributed by atoms with Crippen molar-refractivity contribution in [2.45, 2.75) is 25.7 Å². The van der Waals surface area contributed by atoms with Gasteiger partial charge < -0.3 is 5.32 Å². The van der Waals surface area contributed by atoms with Crippen LogP contribution >= 0.6 is 27.3 Å². The van der Waals surface area contributed by atoms with Crippen LogP contribution in [0.5, 0.6) is 0 Å². The number of hydrogen-bond donors (Lipinski definition) is 1. The van der Waals surface area contributed by atoms with Crippen LogP contribution in [0, 0.1) is 0 Å². The Morgan fingerprint density at radius 1 is 1.18 bits per heavy atom. The molecule has 0 atom stereocenters. The molecule has 1 aliphatic rings. The standard InChI is InChI=1S/C12H12BrN3S/c13-11-15-16-12(17-11)14-10-7-3-5-8-4-1-2-6-9(8)10/h3,5,7H,1-2,4,6H2,(H,14,16). The van der Waals surface area contributed by atoms with Gasteiger partial charge in [0.25, 0.3) is 0 Å². The molecule has 88 valence electrons. The summed E-state index contributed by atoms with van der Waals surface area (Å²) in [5.74, 6) is 0. The van der Waals surface area contributed by atoms with E-state index in [0.29, 0.717) is 0 Å². The second kappa shape index (κ2) is 4.74. The first kappa shape index (κ1) is 11.2. The summed E-state index contributed by atoms with van der Waals surface area (Å²) in [6, 6.07) is 6.47. The first-order valence-electron chi connectivity index (χ1n) is 5.70. The summed E-state index contributed by atoms with van der Waals surface area (Å²) in [4.78, 5) is 0. The van der Waals surface area contributed by atoms with Gasteiger partial charge in [0, 0.05) is 5.69 Å². The highest BCUT2D eigenvalue weighted by atomic mass is 79.9. The van der Waals surface area contributed by atoms with E-state index in [9.17, 15) is 0 Å². The van der Waals surface area contributed by atoms with Crippen LogP contribution in [0.3, 0.4) is 0 Å². The molecule has 1 aliphatic carbocycles. The highest BCUT2D eigenvalue weighted by Gasteiger charge is 2.13. The van der Waals surface area contributed by atoms with Crippen molar-refractivity contribution >= 4 is 38.1 Å². The predicted molar refractivity (Wildman–Crippen MR) is 74.0 cm³/mol. The van der Waals surface area contributed by atoms with Crippen LogP contribution in [0.4, 0.5) is 10.8 Å². The van der Waals surface area contributed by atoms with Crippen molar-refractivity contribution in [1.29, 1.82) is 0 Å². The van der Waals surface area contributed by atoms with Gasteiger partial charge in [-0.3, -0.25) is 0 Å². The van der Waals surface area contributed by atoms with Crippen molar-refractivity contribution in [2.75, 3.05) is 5.32 Å². The molecule has 0 saturated heterocycles. The number of rotatable bonds is 2. The lowest BCUT2D eigenvalue weighted by Gasteiger charge is -2.19. The minimum absolute atomic E-state index is 0.810. The summed E-state index contributed by atoms with van der Waals surface area (Å²) in [5, 5.41) is 12.2. The van der Waals surface area contributed by atoms with Gasteiger partial charge in [0.1, 0.15) is 0 Å². The Bertz CT molecular complexity index is 538. The number of hydrogen-bond acceptors (Lipinski definition) is 4. The van der Waals surface area contributed by atoms with Crippen molar-refractivity contribution in [3.63, 3.8) is 0 Å². The normalized spacial score (nSPS) is 14.4. The number of anilines is 2. The third kappa shape index (κ3) is 2.35. The first-order valence-corrected chi connectivity index (χ1v) is 7.31. The lowest BCUT2D eigenvalue weighted by molar-refractivity contribution is 0.687. The molecule has 5 heteroatoms. The zero-order valence-electron chi connectivity index (χ0n) is 9.24. The largest absolute Gasteiger partial charge is 0.330 e. The Kier molecular flexibility index (Phi) is 3.11. The maximum atomic E-state index is 4.07. The van der Waals surface area contributed by atoms with Crippen molar-refractivity contribution in [3.05, 3.63) is 33.2 Å². The van der Waals surface area contributed by atoms with Gasteiger partial charge in [-0.1, -0.05) is 23.5 Å². The molecular weight excluding hydrogens is 298 g/mol. The fourth-order valence-electron chi connectivity index (χ4n) is 2.27. The maximum absolute atomic E-state index is 4.07. The van der Waals surface area contributed by atoms with E-state index in [1.807, 2.05) is 0 Å². The van der Waals surface area contributed by atoms with Crippen LogP contribution in [0.2, 0.25) is 0 Å². The Balaban J connectivity index is 1.92. The van der Waals surface area contributed by atoms with Gasteiger partial charge in [-0.05, 0) is 58.8 Å². The van der Waals surface area contributed by atoms with Gasteiger partial charge in [0.05, 0.1) is 0 Å². The van der Waals surface area contributed by atoms with Gasteiger partial charge in [0.15, 0.2) is 3.92 Å². The van der Waals surface area contributed by atoms with E-state index in [1.165, 1.54) is 53.8 Å².